The van der Waals surface area contributed by atoms with Gasteiger partial charge in [-0.25, -0.2) is 0 Å². The van der Waals surface area contributed by atoms with Crippen molar-refractivity contribution in [3.05, 3.63) is 21.9 Å². The molecule has 1 saturated carbocycles. The highest BCUT2D eigenvalue weighted by molar-refractivity contribution is 7.10. The van der Waals surface area contributed by atoms with Gasteiger partial charge in [-0.2, -0.15) is 0 Å². The number of rotatable bonds is 4. The quantitative estimate of drug-likeness (QED) is 0.777. The van der Waals surface area contributed by atoms with E-state index >= 15 is 0 Å². The Hall–Kier alpha value is -0.340. The van der Waals surface area contributed by atoms with Crippen molar-refractivity contribution in [3.8, 4) is 0 Å². The molecule has 1 fully saturated rings. The zero-order valence-electron chi connectivity index (χ0n) is 12.0. The first kappa shape index (κ1) is 14.1. The third kappa shape index (κ3) is 3.58. The van der Waals surface area contributed by atoms with Crippen LogP contribution in [0.5, 0.6) is 0 Å². The molecule has 1 N–H and O–H groups in total. The lowest BCUT2D eigenvalue weighted by Gasteiger charge is -2.26. The lowest BCUT2D eigenvalue weighted by atomic mass is 9.85. The van der Waals surface area contributed by atoms with E-state index in [1.54, 1.807) is 4.88 Å². The highest BCUT2D eigenvalue weighted by atomic mass is 32.1. The van der Waals surface area contributed by atoms with Crippen molar-refractivity contribution < 1.29 is 0 Å². The maximum absolute atomic E-state index is 3.66. The molecule has 0 aromatic carbocycles. The Balaban J connectivity index is 2.09. The summed E-state index contributed by atoms with van der Waals surface area (Å²) in [7, 11) is 0. The van der Waals surface area contributed by atoms with E-state index in [2.05, 4.69) is 37.5 Å². The van der Waals surface area contributed by atoms with Gasteiger partial charge in [-0.05, 0) is 55.2 Å². The van der Waals surface area contributed by atoms with Gasteiger partial charge in [-0.15, -0.1) is 11.3 Å². The molecule has 0 radical (unpaired) electrons. The van der Waals surface area contributed by atoms with Gasteiger partial charge >= 0.3 is 0 Å². The first-order valence-corrected chi connectivity index (χ1v) is 8.34. The molecule has 1 nitrogen and oxygen atoms in total. The molecule has 18 heavy (non-hydrogen) atoms. The Morgan fingerprint density at radius 2 is 2.06 bits per heavy atom. The minimum Gasteiger partial charge on any atom is -0.314 e. The second kappa shape index (κ2) is 6.72. The monoisotopic (exact) mass is 265 g/mol. The summed E-state index contributed by atoms with van der Waals surface area (Å²) in [6.07, 6.45) is 7.07. The molecule has 1 heterocycles. The number of hydrogen-bond acceptors (Lipinski definition) is 2. The molecular weight excluding hydrogens is 238 g/mol. The third-order valence-corrected chi connectivity index (χ3v) is 5.34. The Labute approximate surface area is 116 Å². The van der Waals surface area contributed by atoms with Crippen molar-refractivity contribution in [1.29, 1.82) is 0 Å². The lowest BCUT2D eigenvalue weighted by Crippen LogP contribution is -2.31. The molecule has 2 unspecified atom stereocenters. The molecule has 0 amide bonds. The highest BCUT2D eigenvalue weighted by Gasteiger charge is 2.26. The summed E-state index contributed by atoms with van der Waals surface area (Å²) < 4.78 is 0. The summed E-state index contributed by atoms with van der Waals surface area (Å²) in [5.74, 6) is 1.64. The number of thiophene rings is 1. The molecular formula is C16H27NS. The largest absolute Gasteiger partial charge is 0.314 e. The van der Waals surface area contributed by atoms with E-state index in [0.717, 1.165) is 11.8 Å². The molecule has 1 aromatic rings. The molecule has 0 saturated heterocycles. The molecule has 2 heteroatoms. The van der Waals surface area contributed by atoms with E-state index < -0.39 is 0 Å². The van der Waals surface area contributed by atoms with Crippen LogP contribution < -0.4 is 5.32 Å². The van der Waals surface area contributed by atoms with Crippen LogP contribution in [0.25, 0.3) is 0 Å². The van der Waals surface area contributed by atoms with Gasteiger partial charge in [0.25, 0.3) is 0 Å². The van der Waals surface area contributed by atoms with Gasteiger partial charge in [0, 0.05) is 10.9 Å². The maximum atomic E-state index is 3.66. The number of nitrogens with one attached hydrogen (secondary N) is 1. The van der Waals surface area contributed by atoms with Crippen LogP contribution in [0.1, 0.15) is 62.3 Å². The molecule has 1 aliphatic rings. The minimum atomic E-state index is 0.610. The predicted octanol–water partition coefficient (Wildman–Crippen LogP) is 4.72. The van der Waals surface area contributed by atoms with E-state index in [1.807, 2.05) is 11.3 Å². The standard InChI is InChI=1S/C16H27NS/c1-12(2)17-11-14-7-5-4-6-8-15(14)16-13(3)9-10-18-16/h9-10,12,14-15,17H,4-8,11H2,1-3H3. The van der Waals surface area contributed by atoms with Gasteiger partial charge < -0.3 is 5.32 Å². The van der Waals surface area contributed by atoms with Crippen LogP contribution in [0.4, 0.5) is 0 Å². The van der Waals surface area contributed by atoms with Crippen LogP contribution in [0.15, 0.2) is 11.4 Å². The Morgan fingerprint density at radius 1 is 1.28 bits per heavy atom. The molecule has 2 rings (SSSR count). The Bertz CT molecular complexity index is 356. The van der Waals surface area contributed by atoms with E-state index in [9.17, 15) is 0 Å². The van der Waals surface area contributed by atoms with Crippen molar-refractivity contribution in [2.75, 3.05) is 6.54 Å². The zero-order chi connectivity index (χ0) is 13.0. The van der Waals surface area contributed by atoms with E-state index in [1.165, 1.54) is 44.2 Å². The molecule has 2 atom stereocenters. The summed E-state index contributed by atoms with van der Waals surface area (Å²) in [6.45, 7) is 7.98. The molecule has 0 spiro atoms. The summed E-state index contributed by atoms with van der Waals surface area (Å²) in [6, 6.07) is 2.90. The van der Waals surface area contributed by atoms with Crippen molar-refractivity contribution in [2.45, 2.75) is 64.8 Å². The summed E-state index contributed by atoms with van der Waals surface area (Å²) in [4.78, 5) is 1.66. The Kier molecular flexibility index (Phi) is 5.25. The van der Waals surface area contributed by atoms with Gasteiger partial charge in [0.15, 0.2) is 0 Å². The first-order valence-electron chi connectivity index (χ1n) is 7.46. The van der Waals surface area contributed by atoms with Crippen molar-refractivity contribution in [3.63, 3.8) is 0 Å². The second-order valence-electron chi connectivity index (χ2n) is 6.04. The van der Waals surface area contributed by atoms with Crippen LogP contribution in [0, 0.1) is 12.8 Å². The summed E-state index contributed by atoms with van der Waals surface area (Å²) in [5.41, 5.74) is 1.52. The topological polar surface area (TPSA) is 12.0 Å². The minimum absolute atomic E-state index is 0.610. The van der Waals surface area contributed by atoms with Crippen molar-refractivity contribution >= 4 is 11.3 Å². The average Bonchev–Trinajstić information content (AvgIpc) is 2.63. The van der Waals surface area contributed by atoms with Crippen LogP contribution >= 0.6 is 11.3 Å². The number of aryl methyl sites for hydroxylation is 1. The van der Waals surface area contributed by atoms with Gasteiger partial charge in [0.05, 0.1) is 0 Å². The fraction of sp³-hybridized carbons (Fsp3) is 0.750. The van der Waals surface area contributed by atoms with Crippen LogP contribution in [-0.2, 0) is 0 Å². The lowest BCUT2D eigenvalue weighted by molar-refractivity contribution is 0.365. The second-order valence-corrected chi connectivity index (χ2v) is 6.98. The summed E-state index contributed by atoms with van der Waals surface area (Å²) >= 11 is 1.98. The van der Waals surface area contributed by atoms with Crippen LogP contribution in [0.2, 0.25) is 0 Å². The highest BCUT2D eigenvalue weighted by Crippen LogP contribution is 2.39. The molecule has 1 aromatic heterocycles. The molecule has 1 aliphatic carbocycles. The fourth-order valence-corrected chi connectivity index (χ4v) is 4.28. The van der Waals surface area contributed by atoms with Gasteiger partial charge in [0.1, 0.15) is 0 Å². The predicted molar refractivity (Wildman–Crippen MR) is 81.5 cm³/mol. The molecule has 0 aliphatic heterocycles. The van der Waals surface area contributed by atoms with Crippen LogP contribution in [0.3, 0.4) is 0 Å². The number of hydrogen-bond donors (Lipinski definition) is 1. The fourth-order valence-electron chi connectivity index (χ4n) is 3.13. The van der Waals surface area contributed by atoms with E-state index in [-0.39, 0.29) is 0 Å². The normalized spacial score (nSPS) is 25.3. The smallest absolute Gasteiger partial charge is 0.0109 e. The van der Waals surface area contributed by atoms with Crippen molar-refractivity contribution in [1.82, 2.24) is 5.32 Å². The average molecular weight is 265 g/mol. The third-order valence-electron chi connectivity index (χ3n) is 4.19. The van der Waals surface area contributed by atoms with Gasteiger partial charge in [-0.1, -0.05) is 33.1 Å². The Morgan fingerprint density at radius 3 is 2.72 bits per heavy atom. The van der Waals surface area contributed by atoms with E-state index in [0.29, 0.717) is 6.04 Å². The van der Waals surface area contributed by atoms with Gasteiger partial charge in [-0.3, -0.25) is 0 Å². The zero-order valence-corrected chi connectivity index (χ0v) is 12.9. The van der Waals surface area contributed by atoms with Crippen LogP contribution in [-0.4, -0.2) is 12.6 Å². The van der Waals surface area contributed by atoms with Gasteiger partial charge in [0.2, 0.25) is 0 Å². The summed E-state index contributed by atoms with van der Waals surface area (Å²) in [5, 5.41) is 5.93. The maximum Gasteiger partial charge on any atom is 0.0109 e. The first-order chi connectivity index (χ1) is 8.68. The van der Waals surface area contributed by atoms with E-state index in [4.69, 9.17) is 0 Å². The molecule has 0 bridgehead atoms. The SMILES string of the molecule is Cc1ccsc1C1CCCCCC1CNC(C)C. The molecule has 102 valence electrons. The van der Waals surface area contributed by atoms with Crippen molar-refractivity contribution in [2.24, 2.45) is 5.92 Å².